The van der Waals surface area contributed by atoms with Crippen LogP contribution in [0.5, 0.6) is 0 Å². The van der Waals surface area contributed by atoms with Gasteiger partial charge in [-0.1, -0.05) is 24.3 Å². The molecule has 0 aromatic carbocycles. The van der Waals surface area contributed by atoms with E-state index in [9.17, 15) is 20.4 Å². The molecule has 1 saturated heterocycles. The lowest BCUT2D eigenvalue weighted by atomic mass is 9.80. The summed E-state index contributed by atoms with van der Waals surface area (Å²) < 4.78 is 36.0. The zero-order chi connectivity index (χ0) is 25.8. The number of aliphatic hydroxyl groups is 4. The zero-order valence-corrected chi connectivity index (χ0v) is 20.2. The fourth-order valence-corrected chi connectivity index (χ4v) is 4.56. The molecule has 0 unspecified atom stereocenters. The highest BCUT2D eigenvalue weighted by molar-refractivity contribution is 5.03. The average molecular weight is 501 g/mol. The maximum Gasteiger partial charge on any atom is 0.222 e. The van der Waals surface area contributed by atoms with Crippen molar-refractivity contribution in [1.82, 2.24) is 0 Å². The van der Waals surface area contributed by atoms with Crippen LogP contribution >= 0.6 is 0 Å². The van der Waals surface area contributed by atoms with Crippen molar-refractivity contribution in [2.24, 2.45) is 5.92 Å². The van der Waals surface area contributed by atoms with Gasteiger partial charge >= 0.3 is 0 Å². The van der Waals surface area contributed by atoms with Gasteiger partial charge in [0.1, 0.15) is 37.1 Å². The quantitative estimate of drug-likeness (QED) is 0.204. The van der Waals surface area contributed by atoms with E-state index in [1.807, 2.05) is 0 Å². The number of aliphatic hydroxyl groups excluding tert-OH is 4. The lowest BCUT2D eigenvalue weighted by Gasteiger charge is -2.46. The molecule has 0 bridgehead atoms. The largest absolute Gasteiger partial charge is 0.396 e. The molecule has 1 aliphatic carbocycles. The molecule has 0 aromatic heterocycles. The number of hydrogen-bond donors (Lipinski definition) is 4. The van der Waals surface area contributed by atoms with Crippen molar-refractivity contribution >= 4 is 0 Å². The lowest BCUT2D eigenvalue weighted by Crippen LogP contribution is -2.61. The van der Waals surface area contributed by atoms with Crippen LogP contribution < -0.4 is 0 Å². The van der Waals surface area contributed by atoms with Gasteiger partial charge in [0.25, 0.3) is 0 Å². The predicted octanol–water partition coefficient (Wildman–Crippen LogP) is 0.109. The second-order valence-electron chi connectivity index (χ2n) is 8.44. The maximum atomic E-state index is 10.9. The molecule has 10 nitrogen and oxygen atoms in total. The first-order valence-corrected chi connectivity index (χ1v) is 11.7. The summed E-state index contributed by atoms with van der Waals surface area (Å²) in [7, 11) is 0. The summed E-state index contributed by atoms with van der Waals surface area (Å²) in [6, 6.07) is 0. The highest BCUT2D eigenvalue weighted by Gasteiger charge is 2.60. The first-order valence-electron chi connectivity index (χ1n) is 11.7. The molecule has 9 atom stereocenters. The Labute approximate surface area is 207 Å². The maximum absolute atomic E-state index is 10.9. The summed E-state index contributed by atoms with van der Waals surface area (Å²) >= 11 is 0. The van der Waals surface area contributed by atoms with Crippen LogP contribution in [0.1, 0.15) is 6.42 Å². The third kappa shape index (κ3) is 7.07. The van der Waals surface area contributed by atoms with Gasteiger partial charge in [0.05, 0.1) is 45.2 Å². The number of rotatable bonds is 17. The SMILES string of the molecule is C=CCO[C@@H]1[C@@H](OCC=C)[C@H](O)[C@@H](CO)C[C@@H]1O[C@]1(CO)O[C@H](CO)[C@@H](OCC=C)[C@@H]1OCC=C. The van der Waals surface area contributed by atoms with Gasteiger partial charge in [0.2, 0.25) is 5.79 Å². The van der Waals surface area contributed by atoms with Crippen molar-refractivity contribution < 1.29 is 48.8 Å². The Morgan fingerprint density at radius 3 is 1.83 bits per heavy atom. The second kappa shape index (κ2) is 15.0. The van der Waals surface area contributed by atoms with Gasteiger partial charge in [-0.2, -0.15) is 0 Å². The molecule has 0 aromatic rings. The predicted molar refractivity (Wildman–Crippen MR) is 128 cm³/mol. The Morgan fingerprint density at radius 2 is 1.31 bits per heavy atom. The number of ether oxygens (including phenoxy) is 6. The first-order chi connectivity index (χ1) is 17.0. The Hall–Kier alpha value is -1.44. The Bertz CT molecular complexity index is 673. The van der Waals surface area contributed by atoms with Crippen molar-refractivity contribution in [3.63, 3.8) is 0 Å². The molecule has 200 valence electrons. The van der Waals surface area contributed by atoms with Crippen LogP contribution in [0.4, 0.5) is 0 Å². The van der Waals surface area contributed by atoms with Crippen LogP contribution in [-0.4, -0.2) is 115 Å². The summed E-state index contributed by atoms with van der Waals surface area (Å²) in [5, 5.41) is 41.2. The Morgan fingerprint density at radius 1 is 0.771 bits per heavy atom. The van der Waals surface area contributed by atoms with Crippen LogP contribution in [0.25, 0.3) is 0 Å². The summed E-state index contributed by atoms with van der Waals surface area (Å²) in [6.45, 7) is 13.8. The van der Waals surface area contributed by atoms with Crippen LogP contribution in [0.3, 0.4) is 0 Å². The third-order valence-electron chi connectivity index (χ3n) is 6.09. The molecule has 2 aliphatic rings. The molecule has 1 saturated carbocycles. The average Bonchev–Trinajstić information content (AvgIpc) is 3.17. The van der Waals surface area contributed by atoms with Crippen LogP contribution in [0.2, 0.25) is 0 Å². The zero-order valence-electron chi connectivity index (χ0n) is 20.2. The molecule has 0 radical (unpaired) electrons. The van der Waals surface area contributed by atoms with Crippen molar-refractivity contribution in [3.8, 4) is 0 Å². The fraction of sp³-hybridized carbons (Fsp3) is 0.680. The van der Waals surface area contributed by atoms with Crippen molar-refractivity contribution in [1.29, 1.82) is 0 Å². The summed E-state index contributed by atoms with van der Waals surface area (Å²) in [5.74, 6) is -2.34. The molecular weight excluding hydrogens is 460 g/mol. The van der Waals surface area contributed by atoms with Crippen LogP contribution in [0.15, 0.2) is 50.6 Å². The van der Waals surface area contributed by atoms with E-state index < -0.39 is 67.6 Å². The van der Waals surface area contributed by atoms with E-state index in [0.717, 1.165) is 0 Å². The van der Waals surface area contributed by atoms with E-state index in [2.05, 4.69) is 26.3 Å². The van der Waals surface area contributed by atoms with Gasteiger partial charge in [-0.3, -0.25) is 0 Å². The van der Waals surface area contributed by atoms with Crippen molar-refractivity contribution in [2.75, 3.05) is 46.2 Å². The third-order valence-corrected chi connectivity index (χ3v) is 6.09. The van der Waals surface area contributed by atoms with Gasteiger partial charge in [0, 0.05) is 12.5 Å². The minimum atomic E-state index is -1.74. The molecule has 2 fully saturated rings. The van der Waals surface area contributed by atoms with E-state index in [1.165, 1.54) is 12.2 Å². The van der Waals surface area contributed by atoms with E-state index in [-0.39, 0.29) is 39.5 Å². The fourth-order valence-electron chi connectivity index (χ4n) is 4.56. The Balaban J connectivity index is 2.43. The van der Waals surface area contributed by atoms with Crippen LogP contribution in [0, 0.1) is 5.92 Å². The molecule has 10 heteroatoms. The van der Waals surface area contributed by atoms with E-state index in [4.69, 9.17) is 28.4 Å². The summed E-state index contributed by atoms with van der Waals surface area (Å²) in [4.78, 5) is 0. The number of hydrogen-bond acceptors (Lipinski definition) is 10. The van der Waals surface area contributed by atoms with Crippen LogP contribution in [-0.2, 0) is 28.4 Å². The molecule has 0 spiro atoms. The highest BCUT2D eigenvalue weighted by atomic mass is 16.8. The highest BCUT2D eigenvalue weighted by Crippen LogP contribution is 2.41. The van der Waals surface area contributed by atoms with E-state index >= 15 is 0 Å². The van der Waals surface area contributed by atoms with Crippen molar-refractivity contribution in [2.45, 2.75) is 54.9 Å². The minimum Gasteiger partial charge on any atom is -0.396 e. The molecule has 2 rings (SSSR count). The summed E-state index contributed by atoms with van der Waals surface area (Å²) in [6.07, 6.45) is 0.247. The molecular formula is C25H40O10. The van der Waals surface area contributed by atoms with Crippen molar-refractivity contribution in [3.05, 3.63) is 50.6 Å². The van der Waals surface area contributed by atoms with E-state index in [0.29, 0.717) is 0 Å². The standard InChI is InChI=1S/C25H40O10/c1-5-9-30-21-18(13-17(14-26)20(29)23(21)32-11-7-3)34-25(16-28)24(33-12-8-4)22(31-10-6-2)19(15-27)35-25/h5-8,17-24,26-29H,1-4,9-16H2/t17-,18+,19-,20-,21+,22-,23+,24+,25-/m1/s1. The smallest absolute Gasteiger partial charge is 0.222 e. The molecule has 4 N–H and O–H groups in total. The molecule has 0 amide bonds. The van der Waals surface area contributed by atoms with Gasteiger partial charge in [-0.15, -0.1) is 26.3 Å². The molecule has 1 aliphatic heterocycles. The summed E-state index contributed by atoms with van der Waals surface area (Å²) in [5.41, 5.74) is 0. The van der Waals surface area contributed by atoms with Gasteiger partial charge in [0.15, 0.2) is 0 Å². The monoisotopic (exact) mass is 500 g/mol. The molecule has 1 heterocycles. The second-order valence-corrected chi connectivity index (χ2v) is 8.44. The Kier molecular flexibility index (Phi) is 12.7. The van der Waals surface area contributed by atoms with Gasteiger partial charge in [-0.05, 0) is 6.42 Å². The first kappa shape index (κ1) is 29.8. The van der Waals surface area contributed by atoms with E-state index in [1.54, 1.807) is 12.2 Å². The molecule has 35 heavy (non-hydrogen) atoms. The lowest BCUT2D eigenvalue weighted by molar-refractivity contribution is -0.327. The van der Waals surface area contributed by atoms with Gasteiger partial charge < -0.3 is 48.8 Å². The van der Waals surface area contributed by atoms with Gasteiger partial charge in [-0.25, -0.2) is 0 Å². The topological polar surface area (TPSA) is 136 Å². The normalized spacial score (nSPS) is 37.1. The minimum absolute atomic E-state index is 0.106.